The third-order valence-corrected chi connectivity index (χ3v) is 2.38. The average Bonchev–Trinajstić information content (AvgIpc) is 2.12. The lowest BCUT2D eigenvalue weighted by Gasteiger charge is -2.03. The second-order valence-electron chi connectivity index (χ2n) is 2.72. The number of hydrogen-bond acceptors (Lipinski definition) is 1. The van der Waals surface area contributed by atoms with E-state index in [-0.39, 0.29) is 0 Å². The van der Waals surface area contributed by atoms with Crippen LogP contribution in [0.5, 0.6) is 0 Å². The monoisotopic (exact) mass is 174 g/mol. The standard InChI is InChI=1S/C10H8NS/c1-11-9-5-3-2-4-8(9)6-7-10(11)12/h3-7H,1H3. The quantitative estimate of drug-likeness (QED) is 0.556. The number of aromatic nitrogens is 1. The van der Waals surface area contributed by atoms with E-state index in [2.05, 4.69) is 6.07 Å². The van der Waals surface area contributed by atoms with E-state index in [0.29, 0.717) is 0 Å². The van der Waals surface area contributed by atoms with Gasteiger partial charge in [0.25, 0.3) is 0 Å². The summed E-state index contributed by atoms with van der Waals surface area (Å²) in [4.78, 5) is 0. The van der Waals surface area contributed by atoms with E-state index < -0.39 is 0 Å². The van der Waals surface area contributed by atoms with Crippen molar-refractivity contribution in [2.24, 2.45) is 7.05 Å². The van der Waals surface area contributed by atoms with E-state index in [4.69, 9.17) is 12.2 Å². The molecule has 0 spiro atoms. The van der Waals surface area contributed by atoms with Crippen LogP contribution in [0.15, 0.2) is 30.3 Å². The molecule has 2 rings (SSSR count). The third kappa shape index (κ3) is 1.04. The van der Waals surface area contributed by atoms with Crippen molar-refractivity contribution in [2.45, 2.75) is 0 Å². The lowest BCUT2D eigenvalue weighted by Crippen LogP contribution is -1.92. The van der Waals surface area contributed by atoms with Crippen molar-refractivity contribution < 1.29 is 0 Å². The van der Waals surface area contributed by atoms with Gasteiger partial charge in [0.2, 0.25) is 0 Å². The summed E-state index contributed by atoms with van der Waals surface area (Å²) in [5.74, 6) is 0. The van der Waals surface area contributed by atoms with Crippen molar-refractivity contribution in [1.82, 2.24) is 4.57 Å². The highest BCUT2D eigenvalue weighted by Gasteiger charge is 1.93. The van der Waals surface area contributed by atoms with Crippen molar-refractivity contribution in [3.63, 3.8) is 0 Å². The molecule has 0 fully saturated rings. The summed E-state index contributed by atoms with van der Waals surface area (Å²) in [6.07, 6.45) is 0. The van der Waals surface area contributed by atoms with Crippen LogP contribution in [0.2, 0.25) is 0 Å². The normalized spacial score (nSPS) is 10.4. The lowest BCUT2D eigenvalue weighted by molar-refractivity contribution is 0.936. The minimum Gasteiger partial charge on any atom is -0.335 e. The maximum Gasteiger partial charge on any atom is 0.106 e. The zero-order valence-corrected chi connectivity index (χ0v) is 7.56. The van der Waals surface area contributed by atoms with Crippen LogP contribution in [0.25, 0.3) is 10.9 Å². The van der Waals surface area contributed by atoms with Gasteiger partial charge in [0.05, 0.1) is 0 Å². The minimum absolute atomic E-state index is 0.855. The molecule has 12 heavy (non-hydrogen) atoms. The van der Waals surface area contributed by atoms with Gasteiger partial charge >= 0.3 is 0 Å². The smallest absolute Gasteiger partial charge is 0.106 e. The predicted octanol–water partition coefficient (Wildman–Crippen LogP) is 2.71. The fourth-order valence-electron chi connectivity index (χ4n) is 1.27. The summed E-state index contributed by atoms with van der Waals surface area (Å²) >= 11 is 5.13. The van der Waals surface area contributed by atoms with Crippen molar-refractivity contribution >= 4 is 23.1 Å². The molecule has 0 amide bonds. The van der Waals surface area contributed by atoms with Gasteiger partial charge in [0, 0.05) is 12.6 Å². The Morgan fingerprint density at radius 2 is 2.17 bits per heavy atom. The van der Waals surface area contributed by atoms with Gasteiger partial charge in [-0.05, 0) is 35.7 Å². The number of nitrogens with zero attached hydrogens (tertiary/aromatic N) is 1. The molecule has 0 N–H and O–H groups in total. The second-order valence-corrected chi connectivity index (χ2v) is 3.13. The zero-order chi connectivity index (χ0) is 8.55. The Kier molecular flexibility index (Phi) is 1.70. The molecule has 1 aromatic carbocycles. The molecular formula is C10H8NS. The Hall–Kier alpha value is -1.15. The molecule has 1 nitrogen and oxygen atoms in total. The first kappa shape index (κ1) is 7.50. The van der Waals surface area contributed by atoms with Crippen molar-refractivity contribution in [3.8, 4) is 0 Å². The fourth-order valence-corrected chi connectivity index (χ4v) is 1.43. The number of aryl methyl sites for hydroxylation is 1. The Bertz CT molecular complexity index is 470. The zero-order valence-electron chi connectivity index (χ0n) is 6.74. The molecule has 1 heterocycles. The van der Waals surface area contributed by atoms with Crippen LogP contribution in [0.1, 0.15) is 0 Å². The Balaban J connectivity index is 3.01. The van der Waals surface area contributed by atoms with Crippen LogP contribution in [0.4, 0.5) is 0 Å². The van der Waals surface area contributed by atoms with E-state index >= 15 is 0 Å². The summed E-state index contributed by atoms with van der Waals surface area (Å²) in [7, 11) is 1.98. The lowest BCUT2D eigenvalue weighted by atomic mass is 10.2. The molecular weight excluding hydrogens is 166 g/mol. The van der Waals surface area contributed by atoms with Gasteiger partial charge in [-0.15, -0.1) is 0 Å². The number of rotatable bonds is 0. The molecule has 1 radical (unpaired) electrons. The first-order chi connectivity index (χ1) is 5.79. The maximum atomic E-state index is 5.13. The van der Waals surface area contributed by atoms with Crippen LogP contribution in [-0.4, -0.2) is 4.57 Å². The molecule has 0 aliphatic carbocycles. The Morgan fingerprint density at radius 3 is 3.00 bits per heavy atom. The van der Waals surface area contributed by atoms with Crippen LogP contribution >= 0.6 is 12.2 Å². The van der Waals surface area contributed by atoms with Crippen LogP contribution in [0, 0.1) is 10.7 Å². The highest BCUT2D eigenvalue weighted by Crippen LogP contribution is 2.12. The summed E-state index contributed by atoms with van der Waals surface area (Å²) in [5.41, 5.74) is 1.15. The highest BCUT2D eigenvalue weighted by molar-refractivity contribution is 7.71. The Labute approximate surface area is 76.3 Å². The van der Waals surface area contributed by atoms with E-state index in [0.717, 1.165) is 10.2 Å². The molecule has 0 unspecified atom stereocenters. The van der Waals surface area contributed by atoms with Crippen LogP contribution in [0.3, 0.4) is 0 Å². The number of fused-ring (bicyclic) bond motifs is 1. The summed E-state index contributed by atoms with van der Waals surface area (Å²) in [5, 5.41) is 1.17. The number of hydrogen-bond donors (Lipinski definition) is 0. The molecule has 0 aliphatic rings. The molecule has 0 aliphatic heterocycles. The third-order valence-electron chi connectivity index (χ3n) is 1.97. The average molecular weight is 174 g/mol. The van der Waals surface area contributed by atoms with Crippen molar-refractivity contribution in [3.05, 3.63) is 41.0 Å². The van der Waals surface area contributed by atoms with Gasteiger partial charge in [-0.2, -0.15) is 0 Å². The SMILES string of the molecule is Cn1c(=S)ccc2c[c]ccc21. The molecule has 59 valence electrons. The topological polar surface area (TPSA) is 4.93 Å². The maximum absolute atomic E-state index is 5.13. The highest BCUT2D eigenvalue weighted by atomic mass is 32.1. The van der Waals surface area contributed by atoms with Gasteiger partial charge in [-0.1, -0.05) is 18.3 Å². The van der Waals surface area contributed by atoms with Crippen LogP contribution in [-0.2, 0) is 7.05 Å². The van der Waals surface area contributed by atoms with Gasteiger partial charge < -0.3 is 4.57 Å². The van der Waals surface area contributed by atoms with E-state index in [9.17, 15) is 0 Å². The molecule has 0 atom stereocenters. The van der Waals surface area contributed by atoms with E-state index in [1.54, 1.807) is 0 Å². The van der Waals surface area contributed by atoms with E-state index in [1.165, 1.54) is 5.39 Å². The summed E-state index contributed by atoms with van der Waals surface area (Å²) < 4.78 is 2.85. The first-order valence-electron chi connectivity index (χ1n) is 3.75. The summed E-state index contributed by atoms with van der Waals surface area (Å²) in [6, 6.07) is 12.9. The van der Waals surface area contributed by atoms with Crippen molar-refractivity contribution in [2.75, 3.05) is 0 Å². The predicted molar refractivity (Wildman–Crippen MR) is 52.6 cm³/mol. The van der Waals surface area contributed by atoms with Gasteiger partial charge in [-0.25, -0.2) is 0 Å². The summed E-state index contributed by atoms with van der Waals surface area (Å²) in [6.45, 7) is 0. The van der Waals surface area contributed by atoms with Crippen LogP contribution < -0.4 is 0 Å². The van der Waals surface area contributed by atoms with Gasteiger partial charge in [0.1, 0.15) is 4.64 Å². The molecule has 2 heteroatoms. The van der Waals surface area contributed by atoms with Gasteiger partial charge in [0.15, 0.2) is 0 Å². The molecule has 1 aromatic heterocycles. The number of benzene rings is 1. The largest absolute Gasteiger partial charge is 0.335 e. The van der Waals surface area contributed by atoms with E-state index in [1.807, 2.05) is 41.9 Å². The minimum atomic E-state index is 0.855. The Morgan fingerprint density at radius 1 is 1.33 bits per heavy atom. The first-order valence-corrected chi connectivity index (χ1v) is 4.16. The molecule has 0 bridgehead atoms. The molecule has 2 aromatic rings. The number of pyridine rings is 1. The van der Waals surface area contributed by atoms with Gasteiger partial charge in [-0.3, -0.25) is 0 Å². The molecule has 0 saturated heterocycles. The fraction of sp³-hybridized carbons (Fsp3) is 0.100. The van der Waals surface area contributed by atoms with Crippen molar-refractivity contribution in [1.29, 1.82) is 0 Å². The second kappa shape index (κ2) is 2.72. The molecule has 0 saturated carbocycles.